The molecule has 0 aliphatic carbocycles. The largest absolute Gasteiger partial charge is 0.406 e. The monoisotopic (exact) mass is 521 g/mol. The summed E-state index contributed by atoms with van der Waals surface area (Å²) in [6, 6.07) is 43.2. The van der Waals surface area contributed by atoms with Crippen molar-refractivity contribution in [1.82, 2.24) is 4.90 Å². The van der Waals surface area contributed by atoms with Crippen LogP contribution < -0.4 is 10.4 Å². The number of likely N-dealkylation sites (tertiary alicyclic amines) is 1. The van der Waals surface area contributed by atoms with Crippen molar-refractivity contribution < 1.29 is 9.16 Å². The summed E-state index contributed by atoms with van der Waals surface area (Å²) >= 11 is 0. The van der Waals surface area contributed by atoms with E-state index in [4.69, 9.17) is 9.16 Å². The van der Waals surface area contributed by atoms with E-state index in [2.05, 4.69) is 147 Å². The first kappa shape index (κ1) is 26.6. The van der Waals surface area contributed by atoms with Gasteiger partial charge in [0, 0.05) is 13.1 Å². The summed E-state index contributed by atoms with van der Waals surface area (Å²) in [4.78, 5) is 2.52. The predicted octanol–water partition coefficient (Wildman–Crippen LogP) is 6.03. The Morgan fingerprint density at radius 2 is 1.16 bits per heavy atom. The van der Waals surface area contributed by atoms with E-state index in [0.717, 1.165) is 13.1 Å². The maximum atomic E-state index is 7.34. The normalized spacial score (nSPS) is 18.2. The molecule has 1 aliphatic heterocycles. The average molecular weight is 522 g/mol. The van der Waals surface area contributed by atoms with Gasteiger partial charge < -0.3 is 9.16 Å². The van der Waals surface area contributed by atoms with Crippen molar-refractivity contribution in [1.29, 1.82) is 0 Å². The molecule has 0 radical (unpaired) electrons. The fourth-order valence-electron chi connectivity index (χ4n) is 5.71. The number of hydrogen-bond acceptors (Lipinski definition) is 3. The van der Waals surface area contributed by atoms with Crippen molar-refractivity contribution in [2.45, 2.75) is 51.1 Å². The molecule has 196 valence electrons. The molecule has 3 nitrogen and oxygen atoms in total. The summed E-state index contributed by atoms with van der Waals surface area (Å²) in [5, 5.41) is 2.58. The van der Waals surface area contributed by atoms with Crippen molar-refractivity contribution in [3.63, 3.8) is 0 Å². The number of ether oxygens (including phenoxy) is 1. The first-order valence-corrected chi connectivity index (χ1v) is 15.6. The molecule has 0 unspecified atom stereocenters. The second kappa shape index (κ2) is 11.8. The standard InChI is InChI=1S/C34H39NO2Si/c1-34(2,3)38(30-20-12-6-13-21-30,31-22-14-7-15-23-31)37-27-32-33(36-26-29-18-10-5-11-19-29)25-35(32)24-28-16-8-4-9-17-28/h4-23,32-33H,24-27H2,1-3H3/t32-,33+/m1/s1. The lowest BCUT2D eigenvalue weighted by Crippen LogP contribution is -2.69. The molecule has 0 saturated carbocycles. The van der Waals surface area contributed by atoms with E-state index in [1.165, 1.54) is 21.5 Å². The van der Waals surface area contributed by atoms with Crippen LogP contribution in [-0.4, -0.2) is 38.5 Å². The molecule has 1 heterocycles. The third-order valence-corrected chi connectivity index (χ3v) is 12.7. The Bertz CT molecular complexity index is 1220. The lowest BCUT2D eigenvalue weighted by Gasteiger charge is -2.50. The molecule has 1 aliphatic rings. The molecule has 4 aromatic carbocycles. The molecule has 38 heavy (non-hydrogen) atoms. The van der Waals surface area contributed by atoms with Crippen LogP contribution in [0.1, 0.15) is 31.9 Å². The van der Waals surface area contributed by atoms with Crippen LogP contribution in [0.25, 0.3) is 0 Å². The SMILES string of the molecule is CC(C)(C)[Si](OC[C@@H]1[C@@H](OCc2ccccc2)CN1Cc1ccccc1)(c1ccccc1)c1ccccc1. The summed E-state index contributed by atoms with van der Waals surface area (Å²) in [6.07, 6.45) is 0.136. The van der Waals surface area contributed by atoms with Gasteiger partial charge in [0.25, 0.3) is 8.32 Å². The van der Waals surface area contributed by atoms with Gasteiger partial charge in [0.1, 0.15) is 0 Å². The van der Waals surface area contributed by atoms with Crippen LogP contribution in [0, 0.1) is 0 Å². The summed E-state index contributed by atoms with van der Waals surface area (Å²) in [5.74, 6) is 0. The van der Waals surface area contributed by atoms with Crippen molar-refractivity contribution >= 4 is 18.7 Å². The quantitative estimate of drug-likeness (QED) is 0.238. The summed E-state index contributed by atoms with van der Waals surface area (Å²) in [5.41, 5.74) is 2.53. The van der Waals surface area contributed by atoms with Crippen LogP contribution in [-0.2, 0) is 22.3 Å². The van der Waals surface area contributed by atoms with Crippen LogP contribution in [0.15, 0.2) is 121 Å². The van der Waals surface area contributed by atoms with Gasteiger partial charge in [-0.15, -0.1) is 0 Å². The highest BCUT2D eigenvalue weighted by Gasteiger charge is 2.51. The van der Waals surface area contributed by atoms with Crippen molar-refractivity contribution in [2.75, 3.05) is 13.2 Å². The number of rotatable bonds is 10. The molecule has 1 saturated heterocycles. The first-order valence-electron chi connectivity index (χ1n) is 13.7. The summed E-state index contributed by atoms with van der Waals surface area (Å²) in [6.45, 7) is 10.1. The molecule has 2 atom stereocenters. The molecule has 1 fully saturated rings. The molecule has 0 amide bonds. The lowest BCUT2D eigenvalue weighted by molar-refractivity contribution is -0.126. The Morgan fingerprint density at radius 1 is 0.684 bits per heavy atom. The smallest absolute Gasteiger partial charge is 0.261 e. The molecule has 5 rings (SSSR count). The Hall–Kier alpha value is -3.02. The minimum absolute atomic E-state index is 0.0515. The number of hydrogen-bond donors (Lipinski definition) is 0. The van der Waals surface area contributed by atoms with Crippen LogP contribution in [0.5, 0.6) is 0 Å². The van der Waals surface area contributed by atoms with Gasteiger partial charge in [0.2, 0.25) is 0 Å². The van der Waals surface area contributed by atoms with Crippen molar-refractivity contribution in [3.05, 3.63) is 132 Å². The van der Waals surface area contributed by atoms with E-state index in [1.54, 1.807) is 0 Å². The van der Waals surface area contributed by atoms with E-state index in [-0.39, 0.29) is 17.2 Å². The van der Waals surface area contributed by atoms with Crippen LogP contribution in [0.4, 0.5) is 0 Å². The maximum Gasteiger partial charge on any atom is 0.261 e. The van der Waals surface area contributed by atoms with Gasteiger partial charge in [0.05, 0.1) is 25.4 Å². The summed E-state index contributed by atoms with van der Waals surface area (Å²) in [7, 11) is -2.61. The highest BCUT2D eigenvalue weighted by atomic mass is 28.4. The van der Waals surface area contributed by atoms with E-state index >= 15 is 0 Å². The molecule has 0 bridgehead atoms. The molecular weight excluding hydrogens is 482 g/mol. The average Bonchev–Trinajstić information content (AvgIpc) is 2.94. The van der Waals surface area contributed by atoms with Gasteiger partial charge in [-0.1, -0.05) is 142 Å². The third kappa shape index (κ3) is 5.69. The number of benzene rings is 4. The Morgan fingerprint density at radius 3 is 1.66 bits per heavy atom. The fourth-order valence-corrected chi connectivity index (χ4v) is 10.3. The minimum atomic E-state index is -2.61. The molecule has 0 spiro atoms. The van der Waals surface area contributed by atoms with Crippen LogP contribution in [0.2, 0.25) is 5.04 Å². The van der Waals surface area contributed by atoms with Gasteiger partial charge in [-0.2, -0.15) is 0 Å². The zero-order valence-corrected chi connectivity index (χ0v) is 23.8. The topological polar surface area (TPSA) is 21.7 Å². The lowest BCUT2D eigenvalue weighted by atomic mass is 9.98. The first-order chi connectivity index (χ1) is 18.5. The van der Waals surface area contributed by atoms with Crippen molar-refractivity contribution in [3.8, 4) is 0 Å². The Balaban J connectivity index is 1.43. The third-order valence-electron chi connectivity index (χ3n) is 7.74. The fraction of sp³-hybridized carbons (Fsp3) is 0.294. The summed E-state index contributed by atoms with van der Waals surface area (Å²) < 4.78 is 13.8. The van der Waals surface area contributed by atoms with Crippen LogP contribution in [0.3, 0.4) is 0 Å². The van der Waals surface area contributed by atoms with Gasteiger partial charge in [-0.3, -0.25) is 4.90 Å². The van der Waals surface area contributed by atoms with Gasteiger partial charge in [0.15, 0.2) is 0 Å². The molecule has 4 aromatic rings. The van der Waals surface area contributed by atoms with Crippen molar-refractivity contribution in [2.24, 2.45) is 0 Å². The second-order valence-electron chi connectivity index (χ2n) is 11.3. The zero-order valence-electron chi connectivity index (χ0n) is 22.8. The highest BCUT2D eigenvalue weighted by molar-refractivity contribution is 6.99. The van der Waals surface area contributed by atoms with E-state index < -0.39 is 8.32 Å². The zero-order chi connectivity index (χ0) is 26.4. The van der Waals surface area contributed by atoms with Gasteiger partial charge in [-0.25, -0.2) is 0 Å². The van der Waals surface area contributed by atoms with E-state index in [0.29, 0.717) is 13.2 Å². The van der Waals surface area contributed by atoms with E-state index in [1.807, 2.05) is 0 Å². The van der Waals surface area contributed by atoms with Crippen LogP contribution >= 0.6 is 0 Å². The van der Waals surface area contributed by atoms with Gasteiger partial charge >= 0.3 is 0 Å². The maximum absolute atomic E-state index is 7.34. The molecular formula is C34H39NO2Si. The Kier molecular flexibility index (Phi) is 8.25. The molecule has 4 heteroatoms. The highest BCUT2D eigenvalue weighted by Crippen LogP contribution is 2.38. The van der Waals surface area contributed by atoms with E-state index in [9.17, 15) is 0 Å². The molecule has 0 N–H and O–H groups in total. The van der Waals surface area contributed by atoms with Gasteiger partial charge in [-0.05, 0) is 26.5 Å². The molecule has 0 aromatic heterocycles. The predicted molar refractivity (Wildman–Crippen MR) is 159 cm³/mol. The minimum Gasteiger partial charge on any atom is -0.406 e. The second-order valence-corrected chi connectivity index (χ2v) is 15.6. The number of nitrogens with zero attached hydrogens (tertiary/aromatic N) is 1. The Labute approximate surface area is 229 Å².